The van der Waals surface area contributed by atoms with Gasteiger partial charge in [-0.25, -0.2) is 0 Å². The molecule has 0 bridgehead atoms. The van der Waals surface area contributed by atoms with E-state index in [1.54, 1.807) is 6.08 Å². The zero-order valence-electron chi connectivity index (χ0n) is 3.48. The second-order valence-corrected chi connectivity index (χ2v) is 1.55. The molecule has 0 amide bonds. The van der Waals surface area contributed by atoms with Gasteiger partial charge in [0.15, 0.2) is 0 Å². The van der Waals surface area contributed by atoms with Gasteiger partial charge in [-0.3, -0.25) is 5.14 Å². The van der Waals surface area contributed by atoms with Crippen LogP contribution in [0.15, 0.2) is 24.1 Å². The summed E-state index contributed by atoms with van der Waals surface area (Å²) in [6.45, 7) is 6.94. The Morgan fingerprint density at radius 3 is 2.33 bits per heavy atom. The highest BCUT2D eigenvalue weighted by Gasteiger charge is 1.73. The molecule has 2 heteroatoms. The predicted octanol–water partition coefficient (Wildman–Crippen LogP) is 1.29. The molecule has 0 aliphatic heterocycles. The highest BCUT2D eigenvalue weighted by molar-refractivity contribution is 8.01. The molecule has 34 valence electrons. The van der Waals surface area contributed by atoms with Crippen LogP contribution >= 0.6 is 11.9 Å². The molecule has 0 fully saturated rings. The molecule has 0 rings (SSSR count). The fourth-order valence-electron chi connectivity index (χ4n) is 0.0481. The molecule has 1 nitrogen and oxygen atoms in total. The highest BCUT2D eigenvalue weighted by atomic mass is 32.2. The Bertz CT molecular complexity index is 67.9. The molecule has 2 N–H and O–H groups in total. The summed E-state index contributed by atoms with van der Waals surface area (Å²) in [6.07, 6.45) is 1.62. The lowest BCUT2D eigenvalue weighted by molar-refractivity contribution is 1.96. The van der Waals surface area contributed by atoms with Crippen molar-refractivity contribution in [1.29, 1.82) is 0 Å². The van der Waals surface area contributed by atoms with E-state index >= 15 is 0 Å². The highest BCUT2D eigenvalue weighted by Crippen LogP contribution is 2.02. The number of hydrogen-bond acceptors (Lipinski definition) is 2. The van der Waals surface area contributed by atoms with Crippen molar-refractivity contribution in [3.63, 3.8) is 0 Å². The standard InChI is InChI=1S/C4H7NS/c1-3-4(2)6-5/h3H,1-2,5H2. The Balaban J connectivity index is 3.23. The van der Waals surface area contributed by atoms with E-state index in [1.165, 1.54) is 0 Å². The first-order chi connectivity index (χ1) is 2.81. The Hall–Kier alpha value is -0.210. The molecule has 6 heavy (non-hydrogen) atoms. The molecule has 0 unspecified atom stereocenters. The van der Waals surface area contributed by atoms with Crippen LogP contribution in [0, 0.1) is 0 Å². The van der Waals surface area contributed by atoms with Crippen molar-refractivity contribution in [2.75, 3.05) is 0 Å². The minimum absolute atomic E-state index is 0.801. The number of hydrogen-bond donors (Lipinski definition) is 1. The van der Waals surface area contributed by atoms with Crippen molar-refractivity contribution in [2.45, 2.75) is 0 Å². The second kappa shape index (κ2) is 3.00. The lowest BCUT2D eigenvalue weighted by Gasteiger charge is -1.83. The van der Waals surface area contributed by atoms with Gasteiger partial charge in [0.2, 0.25) is 0 Å². The maximum atomic E-state index is 5.03. The van der Waals surface area contributed by atoms with Gasteiger partial charge in [-0.15, -0.1) is 0 Å². The Kier molecular flexibility index (Phi) is 2.89. The summed E-state index contributed by atoms with van der Waals surface area (Å²) >= 11 is 1.11. The summed E-state index contributed by atoms with van der Waals surface area (Å²) in [5, 5.41) is 5.03. The zero-order valence-corrected chi connectivity index (χ0v) is 4.29. The average Bonchev–Trinajstić information content (AvgIpc) is 1.65. The zero-order chi connectivity index (χ0) is 4.99. The summed E-state index contributed by atoms with van der Waals surface area (Å²) in [4.78, 5) is 0.801. The summed E-state index contributed by atoms with van der Waals surface area (Å²) in [5.41, 5.74) is 0. The molecule has 0 aliphatic carbocycles. The van der Waals surface area contributed by atoms with E-state index in [9.17, 15) is 0 Å². The summed E-state index contributed by atoms with van der Waals surface area (Å²) in [7, 11) is 0. The van der Waals surface area contributed by atoms with Crippen molar-refractivity contribution in [3.05, 3.63) is 24.1 Å². The monoisotopic (exact) mass is 101 g/mol. The second-order valence-electron chi connectivity index (χ2n) is 0.788. The Labute approximate surface area is 42.1 Å². The maximum absolute atomic E-state index is 5.03. The van der Waals surface area contributed by atoms with Gasteiger partial charge in [0.1, 0.15) is 0 Å². The van der Waals surface area contributed by atoms with Crippen molar-refractivity contribution in [2.24, 2.45) is 5.14 Å². The van der Waals surface area contributed by atoms with Gasteiger partial charge in [-0.2, -0.15) is 0 Å². The summed E-state index contributed by atoms with van der Waals surface area (Å²) in [5.74, 6) is 0. The average molecular weight is 101 g/mol. The minimum Gasteiger partial charge on any atom is -0.274 e. The van der Waals surface area contributed by atoms with Gasteiger partial charge in [0.25, 0.3) is 0 Å². The van der Waals surface area contributed by atoms with Crippen molar-refractivity contribution >= 4 is 11.9 Å². The normalized spacial score (nSPS) is 7.50. The van der Waals surface area contributed by atoms with Gasteiger partial charge in [0.05, 0.1) is 0 Å². The Morgan fingerprint density at radius 1 is 1.83 bits per heavy atom. The molecule has 0 atom stereocenters. The van der Waals surface area contributed by atoms with Gasteiger partial charge in [-0.1, -0.05) is 19.2 Å². The first kappa shape index (κ1) is 5.79. The molecule has 0 saturated heterocycles. The van der Waals surface area contributed by atoms with E-state index in [2.05, 4.69) is 13.2 Å². The van der Waals surface area contributed by atoms with Crippen LogP contribution in [0.2, 0.25) is 0 Å². The lowest BCUT2D eigenvalue weighted by atomic mass is 10.6. The first-order valence-electron chi connectivity index (χ1n) is 1.49. The molecule has 0 spiro atoms. The topological polar surface area (TPSA) is 26.0 Å². The summed E-state index contributed by atoms with van der Waals surface area (Å²) in [6, 6.07) is 0. The fraction of sp³-hybridized carbons (Fsp3) is 0. The van der Waals surface area contributed by atoms with Gasteiger partial charge in [-0.05, 0) is 11.9 Å². The predicted molar refractivity (Wildman–Crippen MR) is 31.1 cm³/mol. The molecule has 0 heterocycles. The van der Waals surface area contributed by atoms with Crippen LogP contribution in [0.1, 0.15) is 0 Å². The van der Waals surface area contributed by atoms with Gasteiger partial charge in [0, 0.05) is 4.91 Å². The van der Waals surface area contributed by atoms with Crippen LogP contribution in [0.5, 0.6) is 0 Å². The van der Waals surface area contributed by atoms with E-state index < -0.39 is 0 Å². The van der Waals surface area contributed by atoms with E-state index in [4.69, 9.17) is 5.14 Å². The van der Waals surface area contributed by atoms with E-state index in [1.807, 2.05) is 0 Å². The molecular weight excluding hydrogens is 94.1 g/mol. The molecule has 0 radical (unpaired) electrons. The van der Waals surface area contributed by atoms with Gasteiger partial charge < -0.3 is 0 Å². The number of allylic oxidation sites excluding steroid dienone is 1. The third-order valence-electron chi connectivity index (χ3n) is 0.379. The van der Waals surface area contributed by atoms with Crippen molar-refractivity contribution < 1.29 is 0 Å². The first-order valence-corrected chi connectivity index (χ1v) is 2.37. The lowest BCUT2D eigenvalue weighted by Crippen LogP contribution is -1.74. The van der Waals surface area contributed by atoms with Crippen LogP contribution in [-0.2, 0) is 0 Å². The van der Waals surface area contributed by atoms with E-state index in [0.717, 1.165) is 16.9 Å². The van der Waals surface area contributed by atoms with E-state index in [-0.39, 0.29) is 0 Å². The largest absolute Gasteiger partial charge is 0.274 e. The van der Waals surface area contributed by atoms with Crippen LogP contribution in [0.4, 0.5) is 0 Å². The third-order valence-corrected chi connectivity index (χ3v) is 0.848. The smallest absolute Gasteiger partial charge is 0.0148 e. The molecule has 0 aromatic heterocycles. The molecule has 0 aliphatic rings. The SMILES string of the molecule is C=CC(=C)SN. The van der Waals surface area contributed by atoms with E-state index in [0.29, 0.717) is 0 Å². The molecular formula is C4H7NS. The van der Waals surface area contributed by atoms with Crippen LogP contribution in [-0.4, -0.2) is 0 Å². The fourth-order valence-corrected chi connectivity index (χ4v) is 0.144. The van der Waals surface area contributed by atoms with Crippen LogP contribution in [0.3, 0.4) is 0 Å². The van der Waals surface area contributed by atoms with Gasteiger partial charge >= 0.3 is 0 Å². The van der Waals surface area contributed by atoms with Crippen molar-refractivity contribution in [1.82, 2.24) is 0 Å². The summed E-state index contributed by atoms with van der Waals surface area (Å²) < 4.78 is 0. The Morgan fingerprint density at radius 2 is 2.33 bits per heavy atom. The third kappa shape index (κ3) is 2.05. The minimum atomic E-state index is 0.801. The molecule has 0 aromatic rings. The van der Waals surface area contributed by atoms with Crippen LogP contribution < -0.4 is 5.14 Å². The quantitative estimate of drug-likeness (QED) is 0.419. The van der Waals surface area contributed by atoms with Crippen LogP contribution in [0.25, 0.3) is 0 Å². The number of rotatable bonds is 2. The molecule has 0 aromatic carbocycles. The maximum Gasteiger partial charge on any atom is 0.0148 e. The molecule has 0 saturated carbocycles. The number of nitrogens with two attached hydrogens (primary N) is 1. The van der Waals surface area contributed by atoms with Crippen molar-refractivity contribution in [3.8, 4) is 0 Å².